The van der Waals surface area contributed by atoms with E-state index in [1.54, 1.807) is 4.90 Å². The van der Waals surface area contributed by atoms with Crippen molar-refractivity contribution in [2.75, 3.05) is 58.4 Å². The van der Waals surface area contributed by atoms with Crippen LogP contribution in [0.5, 0.6) is 0 Å². The van der Waals surface area contributed by atoms with Crippen LogP contribution in [-0.2, 0) is 13.9 Å². The summed E-state index contributed by atoms with van der Waals surface area (Å²) in [5, 5.41) is 8.88. The number of carbonyl (C=O) groups is 1. The van der Waals surface area contributed by atoms with Crippen LogP contribution in [0.1, 0.15) is 0 Å². The molecule has 1 fully saturated rings. The summed E-state index contributed by atoms with van der Waals surface area (Å²) in [6, 6.07) is 0. The molecule has 0 atom stereocenters. The largest absolute Gasteiger partial charge is 0.480 e. The average molecular weight is 375 g/mol. The van der Waals surface area contributed by atoms with E-state index in [1.807, 2.05) is 0 Å². The molecule has 0 bridgehead atoms. The van der Waals surface area contributed by atoms with Crippen molar-refractivity contribution < 1.29 is 38.6 Å². The molecule has 0 spiro atoms. The molecule has 0 aliphatic carbocycles. The lowest BCUT2D eigenvalue weighted by Crippen LogP contribution is -2.39. The van der Waals surface area contributed by atoms with Crippen molar-refractivity contribution in [2.45, 2.75) is 0 Å². The number of rotatable bonds is 6. The van der Waals surface area contributed by atoms with Gasteiger partial charge in [0.25, 0.3) is 0 Å². The van der Waals surface area contributed by atoms with E-state index < -0.39 is 33.7 Å². The maximum atomic E-state index is 11.2. The number of hydrogen-bond donors (Lipinski definition) is 5. The van der Waals surface area contributed by atoms with Gasteiger partial charge in [-0.05, 0) is 0 Å². The van der Waals surface area contributed by atoms with E-state index in [1.165, 1.54) is 9.80 Å². The highest BCUT2D eigenvalue weighted by Gasteiger charge is 2.25. The first kappa shape index (κ1) is 20.7. The third-order valence-electron chi connectivity index (χ3n) is 3.32. The lowest BCUT2D eigenvalue weighted by atomic mass is 10.4. The van der Waals surface area contributed by atoms with E-state index in [0.717, 1.165) is 0 Å². The molecule has 0 saturated carbocycles. The SMILES string of the molecule is O=C(O)CN1CCN(CP(=O)(O)O)CCN(CP(=O)(O)O)CC1. The molecular weight excluding hydrogens is 352 g/mol. The van der Waals surface area contributed by atoms with E-state index in [-0.39, 0.29) is 32.7 Å². The van der Waals surface area contributed by atoms with Gasteiger partial charge in [-0.15, -0.1) is 0 Å². The van der Waals surface area contributed by atoms with Gasteiger partial charge in [-0.25, -0.2) is 0 Å². The van der Waals surface area contributed by atoms with Gasteiger partial charge in [0, 0.05) is 39.3 Å². The molecule has 5 N–H and O–H groups in total. The van der Waals surface area contributed by atoms with E-state index in [0.29, 0.717) is 13.1 Å². The van der Waals surface area contributed by atoms with E-state index in [2.05, 4.69) is 0 Å². The van der Waals surface area contributed by atoms with Gasteiger partial charge in [-0.2, -0.15) is 0 Å². The fourth-order valence-corrected chi connectivity index (χ4v) is 3.95. The normalized spacial score (nSPS) is 20.7. The highest BCUT2D eigenvalue weighted by Crippen LogP contribution is 2.36. The molecule has 23 heavy (non-hydrogen) atoms. The number of nitrogens with zero attached hydrogens (tertiary/aromatic N) is 3. The number of hydrogen-bond acceptors (Lipinski definition) is 6. The maximum absolute atomic E-state index is 11.2. The van der Waals surface area contributed by atoms with Gasteiger partial charge < -0.3 is 24.7 Å². The molecule has 0 aromatic rings. The van der Waals surface area contributed by atoms with Crippen LogP contribution in [0.4, 0.5) is 0 Å². The van der Waals surface area contributed by atoms with E-state index >= 15 is 0 Å². The average Bonchev–Trinajstić information content (AvgIpc) is 2.40. The standard InChI is InChI=1S/C10H23N3O8P2/c14-10(15)7-11-1-3-12(8-22(16,17)18)5-6-13(4-2-11)9-23(19,20)21/h1-9H2,(H,14,15)(H2,16,17,18)(H2,19,20,21). The Balaban J connectivity index is 2.79. The van der Waals surface area contributed by atoms with Crippen LogP contribution < -0.4 is 0 Å². The van der Waals surface area contributed by atoms with Crippen molar-refractivity contribution in [3.63, 3.8) is 0 Å². The molecule has 13 heteroatoms. The van der Waals surface area contributed by atoms with Crippen LogP contribution in [0.25, 0.3) is 0 Å². The Kier molecular flexibility index (Phi) is 7.79. The zero-order valence-corrected chi connectivity index (χ0v) is 14.3. The van der Waals surface area contributed by atoms with Gasteiger partial charge in [0.2, 0.25) is 0 Å². The minimum absolute atomic E-state index is 0.228. The molecule has 1 aliphatic heterocycles. The summed E-state index contributed by atoms with van der Waals surface area (Å²) in [4.78, 5) is 51.7. The predicted molar refractivity (Wildman–Crippen MR) is 81.0 cm³/mol. The third kappa shape index (κ3) is 10.2. The molecule has 0 aromatic heterocycles. The summed E-state index contributed by atoms with van der Waals surface area (Å²) in [5.74, 6) is -1.03. The van der Waals surface area contributed by atoms with Crippen molar-refractivity contribution in [1.29, 1.82) is 0 Å². The first-order valence-corrected chi connectivity index (χ1v) is 10.5. The Bertz CT molecular complexity index is 456. The number of aliphatic carboxylic acids is 1. The van der Waals surface area contributed by atoms with Crippen LogP contribution in [0.3, 0.4) is 0 Å². The molecule has 1 saturated heterocycles. The second-order valence-electron chi connectivity index (χ2n) is 5.52. The van der Waals surface area contributed by atoms with Gasteiger partial charge in [-0.1, -0.05) is 0 Å². The van der Waals surface area contributed by atoms with Crippen LogP contribution >= 0.6 is 15.2 Å². The molecule has 11 nitrogen and oxygen atoms in total. The van der Waals surface area contributed by atoms with Crippen molar-refractivity contribution in [1.82, 2.24) is 14.7 Å². The van der Waals surface area contributed by atoms with Crippen LogP contribution in [-0.4, -0.2) is 104 Å². The smallest absolute Gasteiger partial charge is 0.339 e. The molecule has 0 aromatic carbocycles. The molecule has 136 valence electrons. The van der Waals surface area contributed by atoms with Gasteiger partial charge in [0.05, 0.1) is 6.54 Å². The molecule has 1 heterocycles. The summed E-state index contributed by atoms with van der Waals surface area (Å²) in [6.45, 7) is 1.35. The molecule has 0 unspecified atom stereocenters. The predicted octanol–water partition coefficient (Wildman–Crippen LogP) is -1.74. The van der Waals surface area contributed by atoms with Crippen LogP contribution in [0.2, 0.25) is 0 Å². The topological polar surface area (TPSA) is 162 Å². The third-order valence-corrected chi connectivity index (χ3v) is 4.86. The van der Waals surface area contributed by atoms with Crippen LogP contribution in [0.15, 0.2) is 0 Å². The first-order valence-electron chi connectivity index (χ1n) is 6.92. The molecule has 1 rings (SSSR count). The highest BCUT2D eigenvalue weighted by molar-refractivity contribution is 7.51. The quantitative estimate of drug-likeness (QED) is 0.335. The molecule has 1 aliphatic rings. The number of carboxylic acids is 1. The monoisotopic (exact) mass is 375 g/mol. The maximum Gasteiger partial charge on any atom is 0.339 e. The Labute approximate surface area is 133 Å². The van der Waals surface area contributed by atoms with Crippen LogP contribution in [0, 0.1) is 0 Å². The lowest BCUT2D eigenvalue weighted by Gasteiger charge is -2.25. The van der Waals surface area contributed by atoms with Crippen molar-refractivity contribution in [3.8, 4) is 0 Å². The summed E-state index contributed by atoms with van der Waals surface area (Å²) in [5.41, 5.74) is 0. The lowest BCUT2D eigenvalue weighted by molar-refractivity contribution is -0.138. The Morgan fingerprint density at radius 1 is 0.739 bits per heavy atom. The molecular formula is C10H23N3O8P2. The first-order chi connectivity index (χ1) is 10.4. The fourth-order valence-electron chi connectivity index (χ4n) is 2.34. The fraction of sp³-hybridized carbons (Fsp3) is 0.900. The Morgan fingerprint density at radius 3 is 1.30 bits per heavy atom. The summed E-state index contributed by atoms with van der Waals surface area (Å²) in [6.07, 6.45) is -0.949. The zero-order valence-electron chi connectivity index (χ0n) is 12.6. The molecule has 0 amide bonds. The van der Waals surface area contributed by atoms with E-state index in [4.69, 9.17) is 24.7 Å². The molecule has 0 radical (unpaired) electrons. The Morgan fingerprint density at radius 2 is 1.04 bits per heavy atom. The van der Waals surface area contributed by atoms with Gasteiger partial charge in [0.1, 0.15) is 12.6 Å². The second-order valence-corrected chi connectivity index (χ2v) is 8.74. The van der Waals surface area contributed by atoms with E-state index in [9.17, 15) is 13.9 Å². The second kappa shape index (κ2) is 8.66. The van der Waals surface area contributed by atoms with Gasteiger partial charge in [0.15, 0.2) is 0 Å². The van der Waals surface area contributed by atoms with Gasteiger partial charge >= 0.3 is 21.2 Å². The minimum atomic E-state index is -4.27. The highest BCUT2D eigenvalue weighted by atomic mass is 31.2. The zero-order chi connectivity index (χ0) is 17.7. The minimum Gasteiger partial charge on any atom is -0.480 e. The summed E-state index contributed by atoms with van der Waals surface area (Å²) in [7, 11) is -8.54. The van der Waals surface area contributed by atoms with Crippen molar-refractivity contribution in [2.24, 2.45) is 0 Å². The van der Waals surface area contributed by atoms with Crippen molar-refractivity contribution >= 4 is 21.2 Å². The summed E-state index contributed by atoms with van der Waals surface area (Å²) >= 11 is 0. The van der Waals surface area contributed by atoms with Gasteiger partial charge in [-0.3, -0.25) is 28.6 Å². The Hall–Kier alpha value is -0.350. The number of carboxylic acid groups (broad SMARTS) is 1. The van der Waals surface area contributed by atoms with Crippen molar-refractivity contribution in [3.05, 3.63) is 0 Å². The summed E-state index contributed by atoms with van der Waals surface area (Å²) < 4.78 is 22.3.